The van der Waals surface area contributed by atoms with Crippen molar-refractivity contribution >= 4 is 0 Å². The molecule has 3 N–H and O–H groups in total. The maximum atomic E-state index is 9.56. The second-order valence-electron chi connectivity index (χ2n) is 2.75. The molecule has 0 aliphatic rings. The molecular weight excluding hydrogens is 168 g/mol. The van der Waals surface area contributed by atoms with Gasteiger partial charge in [0.25, 0.3) is 0 Å². The minimum absolute atomic E-state index is 0.457. The minimum atomic E-state index is -0.549. The molecule has 0 aliphatic carbocycles. The highest BCUT2D eigenvalue weighted by atomic mass is 16.5. The maximum Gasteiger partial charge on any atom is 0.137 e. The van der Waals surface area contributed by atoms with Gasteiger partial charge in [0.1, 0.15) is 5.75 Å². The lowest BCUT2D eigenvalue weighted by Gasteiger charge is -2.09. The summed E-state index contributed by atoms with van der Waals surface area (Å²) in [6.45, 7) is 0.457. The van der Waals surface area contributed by atoms with Crippen LogP contribution in [0.15, 0.2) is 18.5 Å². The van der Waals surface area contributed by atoms with E-state index in [1.807, 2.05) is 0 Å². The molecule has 13 heavy (non-hydrogen) atoms. The summed E-state index contributed by atoms with van der Waals surface area (Å²) in [6, 6.07) is 1.76. The fraction of sp³-hybridized carbons (Fsp3) is 0.444. The summed E-state index contributed by atoms with van der Waals surface area (Å²) >= 11 is 0. The van der Waals surface area contributed by atoms with E-state index in [1.165, 1.54) is 0 Å². The van der Waals surface area contributed by atoms with E-state index in [9.17, 15) is 5.11 Å². The van der Waals surface area contributed by atoms with E-state index in [4.69, 9.17) is 10.5 Å². The fourth-order valence-electron chi connectivity index (χ4n) is 1.05. The van der Waals surface area contributed by atoms with Crippen molar-refractivity contribution < 1.29 is 9.84 Å². The van der Waals surface area contributed by atoms with E-state index >= 15 is 0 Å². The number of hydrogen-bond acceptors (Lipinski definition) is 4. The Kier molecular flexibility index (Phi) is 3.67. The van der Waals surface area contributed by atoms with E-state index in [-0.39, 0.29) is 0 Å². The molecule has 0 unspecified atom stereocenters. The molecule has 1 aromatic heterocycles. The SMILES string of the molecule is COc1cncc([C@@H](O)CCN)c1. The molecule has 0 radical (unpaired) electrons. The van der Waals surface area contributed by atoms with Gasteiger partial charge in [0, 0.05) is 11.8 Å². The molecule has 0 bridgehead atoms. The van der Waals surface area contributed by atoms with Gasteiger partial charge in [-0.15, -0.1) is 0 Å². The van der Waals surface area contributed by atoms with Gasteiger partial charge >= 0.3 is 0 Å². The number of nitrogens with two attached hydrogens (primary N) is 1. The van der Waals surface area contributed by atoms with Crippen molar-refractivity contribution in [2.75, 3.05) is 13.7 Å². The monoisotopic (exact) mass is 182 g/mol. The molecule has 1 aromatic rings. The number of nitrogens with zero attached hydrogens (tertiary/aromatic N) is 1. The standard InChI is InChI=1S/C9H14N2O2/c1-13-8-4-7(5-11-6-8)9(12)2-3-10/h4-6,9,12H,2-3,10H2,1H3/t9-/m0/s1. The van der Waals surface area contributed by atoms with E-state index in [2.05, 4.69) is 4.98 Å². The van der Waals surface area contributed by atoms with Gasteiger partial charge in [0.2, 0.25) is 0 Å². The van der Waals surface area contributed by atoms with Gasteiger partial charge in [0.05, 0.1) is 19.4 Å². The Morgan fingerprint density at radius 1 is 1.62 bits per heavy atom. The zero-order chi connectivity index (χ0) is 9.68. The third-order valence-corrected chi connectivity index (χ3v) is 1.79. The van der Waals surface area contributed by atoms with Gasteiger partial charge < -0.3 is 15.6 Å². The maximum absolute atomic E-state index is 9.56. The van der Waals surface area contributed by atoms with Crippen LogP contribution in [0.4, 0.5) is 0 Å². The van der Waals surface area contributed by atoms with Gasteiger partial charge in [0.15, 0.2) is 0 Å². The average molecular weight is 182 g/mol. The Morgan fingerprint density at radius 2 is 2.38 bits per heavy atom. The Bertz CT molecular complexity index is 266. The highest BCUT2D eigenvalue weighted by molar-refractivity contribution is 5.24. The first kappa shape index (κ1) is 9.95. The zero-order valence-electron chi connectivity index (χ0n) is 7.60. The third kappa shape index (κ3) is 2.68. The summed E-state index contributed by atoms with van der Waals surface area (Å²) in [7, 11) is 1.57. The van der Waals surface area contributed by atoms with Crippen LogP contribution >= 0.6 is 0 Å². The van der Waals surface area contributed by atoms with Crippen molar-refractivity contribution in [3.63, 3.8) is 0 Å². The van der Waals surface area contributed by atoms with E-state index in [0.29, 0.717) is 18.7 Å². The molecule has 0 spiro atoms. The molecular formula is C9H14N2O2. The molecule has 0 saturated carbocycles. The number of ether oxygens (including phenoxy) is 1. The summed E-state index contributed by atoms with van der Waals surface area (Å²) in [6.07, 6.45) is 3.20. The lowest BCUT2D eigenvalue weighted by molar-refractivity contribution is 0.169. The summed E-state index contributed by atoms with van der Waals surface area (Å²) in [4.78, 5) is 3.93. The molecule has 0 saturated heterocycles. The average Bonchev–Trinajstić information content (AvgIpc) is 2.18. The number of rotatable bonds is 4. The normalized spacial score (nSPS) is 12.5. The number of hydrogen-bond donors (Lipinski definition) is 2. The van der Waals surface area contributed by atoms with E-state index in [1.54, 1.807) is 25.6 Å². The van der Waals surface area contributed by atoms with E-state index < -0.39 is 6.10 Å². The van der Waals surface area contributed by atoms with Gasteiger partial charge in [-0.05, 0) is 19.0 Å². The van der Waals surface area contributed by atoms with Crippen molar-refractivity contribution in [1.29, 1.82) is 0 Å². The first-order valence-corrected chi connectivity index (χ1v) is 4.15. The summed E-state index contributed by atoms with van der Waals surface area (Å²) in [5.41, 5.74) is 6.07. The third-order valence-electron chi connectivity index (χ3n) is 1.79. The molecule has 1 heterocycles. The van der Waals surface area contributed by atoms with E-state index in [0.717, 1.165) is 5.56 Å². The minimum Gasteiger partial charge on any atom is -0.495 e. The molecule has 0 aromatic carbocycles. The molecule has 0 amide bonds. The van der Waals surface area contributed by atoms with Crippen LogP contribution in [-0.4, -0.2) is 23.7 Å². The second-order valence-corrected chi connectivity index (χ2v) is 2.75. The van der Waals surface area contributed by atoms with Crippen molar-refractivity contribution in [2.24, 2.45) is 5.73 Å². The number of pyridine rings is 1. The van der Waals surface area contributed by atoms with Gasteiger partial charge in [-0.2, -0.15) is 0 Å². The van der Waals surface area contributed by atoms with Crippen molar-refractivity contribution in [3.8, 4) is 5.75 Å². The fourth-order valence-corrected chi connectivity index (χ4v) is 1.05. The van der Waals surface area contributed by atoms with Crippen LogP contribution in [0.25, 0.3) is 0 Å². The Balaban J connectivity index is 2.75. The number of aliphatic hydroxyl groups excluding tert-OH is 1. The molecule has 72 valence electrons. The van der Waals surface area contributed by atoms with Crippen LogP contribution in [0, 0.1) is 0 Å². The lowest BCUT2D eigenvalue weighted by Crippen LogP contribution is -2.07. The first-order valence-electron chi connectivity index (χ1n) is 4.15. The predicted octanol–water partition coefficient (Wildman–Crippen LogP) is 0.472. The van der Waals surface area contributed by atoms with Crippen molar-refractivity contribution in [2.45, 2.75) is 12.5 Å². The van der Waals surface area contributed by atoms with Crippen molar-refractivity contribution in [3.05, 3.63) is 24.0 Å². The van der Waals surface area contributed by atoms with Crippen LogP contribution in [0.3, 0.4) is 0 Å². The molecule has 0 fully saturated rings. The number of methoxy groups -OCH3 is 1. The Hall–Kier alpha value is -1.13. The number of aliphatic hydroxyl groups is 1. The van der Waals surface area contributed by atoms with Gasteiger partial charge in [-0.3, -0.25) is 4.98 Å². The second kappa shape index (κ2) is 4.79. The topological polar surface area (TPSA) is 68.4 Å². The summed E-state index contributed by atoms with van der Waals surface area (Å²) < 4.78 is 4.98. The predicted molar refractivity (Wildman–Crippen MR) is 49.4 cm³/mol. The van der Waals surface area contributed by atoms with Crippen LogP contribution in [0.2, 0.25) is 0 Å². The lowest BCUT2D eigenvalue weighted by atomic mass is 10.1. The summed E-state index contributed by atoms with van der Waals surface area (Å²) in [5.74, 6) is 0.647. The van der Waals surface area contributed by atoms with Crippen molar-refractivity contribution in [1.82, 2.24) is 4.98 Å². The Labute approximate surface area is 77.4 Å². The molecule has 4 nitrogen and oxygen atoms in total. The van der Waals surface area contributed by atoms with Crippen LogP contribution in [0.1, 0.15) is 18.1 Å². The van der Waals surface area contributed by atoms with Gasteiger partial charge in [-0.1, -0.05) is 0 Å². The molecule has 0 aliphatic heterocycles. The zero-order valence-corrected chi connectivity index (χ0v) is 7.60. The van der Waals surface area contributed by atoms with Crippen LogP contribution in [-0.2, 0) is 0 Å². The highest BCUT2D eigenvalue weighted by Gasteiger charge is 2.07. The number of aromatic nitrogens is 1. The van der Waals surface area contributed by atoms with Crippen LogP contribution < -0.4 is 10.5 Å². The van der Waals surface area contributed by atoms with Gasteiger partial charge in [-0.25, -0.2) is 0 Å². The molecule has 1 rings (SSSR count). The quantitative estimate of drug-likeness (QED) is 0.710. The largest absolute Gasteiger partial charge is 0.495 e. The van der Waals surface area contributed by atoms with Crippen LogP contribution in [0.5, 0.6) is 5.75 Å². The summed E-state index contributed by atoms with van der Waals surface area (Å²) in [5, 5.41) is 9.56. The molecule has 1 atom stereocenters. The Morgan fingerprint density at radius 3 is 3.00 bits per heavy atom. The highest BCUT2D eigenvalue weighted by Crippen LogP contribution is 2.19. The smallest absolute Gasteiger partial charge is 0.137 e. The molecule has 4 heteroatoms. The first-order chi connectivity index (χ1) is 6.27.